The summed E-state index contributed by atoms with van der Waals surface area (Å²) in [6.07, 6.45) is -1.53. The number of hydrogen-bond acceptors (Lipinski definition) is 12. The number of hydrogen-bond donors (Lipinski definition) is 2. The van der Waals surface area contributed by atoms with E-state index in [1.807, 2.05) is 196 Å². The third kappa shape index (κ3) is 11.2. The molecule has 0 aliphatic rings. The molecule has 2 unspecified atom stereocenters. The standard InChI is InChI=1S/C62H55N5O9S2/c1-45-33-37-54(38-34-45)77(69,70)74-42-53(41-73-62(50-27-15-6-16-28-50,51-29-17-7-18-30-51)52-31-19-8-20-32-52)76-56(43-75-78(71,72)55-39-35-46(2)36-40-55)67-44-63-57-58(67)64-60(65-59(57)68)66-61(47-21-9-3-10-22-47,48-23-11-4-12-24-48)49-25-13-5-14-26-49/h3-40,44,53,56H,41-43H2,1-2H3,(H2,64,65,66,68). The molecule has 0 spiro atoms. The maximum atomic E-state index is 14.4. The Balaban J connectivity index is 1.11. The van der Waals surface area contributed by atoms with Crippen LogP contribution in [0, 0.1) is 13.8 Å². The molecule has 0 saturated heterocycles. The van der Waals surface area contributed by atoms with Crippen molar-refractivity contribution in [2.75, 3.05) is 25.1 Å². The summed E-state index contributed by atoms with van der Waals surface area (Å²) in [5.41, 5.74) is 3.21. The molecule has 394 valence electrons. The lowest BCUT2D eigenvalue weighted by molar-refractivity contribution is -0.130. The first kappa shape index (κ1) is 53.1. The Hall–Kier alpha value is -8.35. The van der Waals surface area contributed by atoms with Gasteiger partial charge < -0.3 is 14.8 Å². The van der Waals surface area contributed by atoms with Crippen molar-refractivity contribution in [1.82, 2.24) is 19.5 Å². The van der Waals surface area contributed by atoms with Gasteiger partial charge in [-0.05, 0) is 71.5 Å². The largest absolute Gasteiger partial charge is 0.358 e. The zero-order valence-corrected chi connectivity index (χ0v) is 44.3. The molecule has 0 amide bonds. The molecule has 0 saturated carbocycles. The SMILES string of the molecule is Cc1ccc(S(=O)(=O)OCC(COC(c2ccccc2)(c2ccccc2)c2ccccc2)OC(COS(=O)(=O)c2ccc(C)cc2)n2cnc3c(=O)[nH]c(NC(c4ccccc4)(c4ccccc4)c4ccccc4)nc32)cc1. The summed E-state index contributed by atoms with van der Waals surface area (Å²) in [5, 5.41) is 3.61. The Bertz CT molecular complexity index is 3680. The summed E-state index contributed by atoms with van der Waals surface area (Å²) < 4.78 is 83.5. The van der Waals surface area contributed by atoms with Gasteiger partial charge in [-0.3, -0.25) is 22.7 Å². The molecule has 2 aromatic heterocycles. The second-order valence-electron chi connectivity index (χ2n) is 18.6. The summed E-state index contributed by atoms with van der Waals surface area (Å²) >= 11 is 0. The van der Waals surface area contributed by atoms with Gasteiger partial charge in [0.2, 0.25) is 5.95 Å². The van der Waals surface area contributed by atoms with Crippen LogP contribution in [0.4, 0.5) is 5.95 Å². The molecule has 14 nitrogen and oxygen atoms in total. The average Bonchev–Trinajstić information content (AvgIpc) is 4.04. The van der Waals surface area contributed by atoms with Gasteiger partial charge in [0, 0.05) is 0 Å². The normalized spacial score (nSPS) is 13.0. The number of aromatic amines is 1. The van der Waals surface area contributed by atoms with Crippen molar-refractivity contribution >= 4 is 37.3 Å². The number of rotatable bonds is 22. The van der Waals surface area contributed by atoms with Crippen molar-refractivity contribution in [1.29, 1.82) is 0 Å². The summed E-state index contributed by atoms with van der Waals surface area (Å²) in [6.45, 7) is 1.96. The summed E-state index contributed by atoms with van der Waals surface area (Å²) in [5.74, 6) is 0.0310. The van der Waals surface area contributed by atoms with Crippen LogP contribution < -0.4 is 10.9 Å². The Morgan fingerprint density at radius 2 is 0.897 bits per heavy atom. The van der Waals surface area contributed by atoms with E-state index in [9.17, 15) is 21.6 Å². The highest BCUT2D eigenvalue weighted by Crippen LogP contribution is 2.42. The van der Waals surface area contributed by atoms with Crippen molar-refractivity contribution in [2.24, 2.45) is 0 Å². The van der Waals surface area contributed by atoms with E-state index >= 15 is 0 Å². The van der Waals surface area contributed by atoms with Gasteiger partial charge in [-0.2, -0.15) is 21.8 Å². The van der Waals surface area contributed by atoms with Crippen molar-refractivity contribution in [3.05, 3.63) is 292 Å². The highest BCUT2D eigenvalue weighted by Gasteiger charge is 2.40. The molecule has 10 aromatic rings. The van der Waals surface area contributed by atoms with E-state index in [0.29, 0.717) is 0 Å². The van der Waals surface area contributed by atoms with Crippen molar-refractivity contribution in [3.8, 4) is 0 Å². The van der Waals surface area contributed by atoms with Gasteiger partial charge in [0.05, 0.1) is 29.3 Å². The van der Waals surface area contributed by atoms with E-state index in [2.05, 4.69) is 15.3 Å². The Kier molecular flexibility index (Phi) is 15.7. The number of H-pyrrole nitrogens is 1. The molecule has 0 fully saturated rings. The second-order valence-corrected chi connectivity index (χ2v) is 21.8. The Labute approximate surface area is 453 Å². The van der Waals surface area contributed by atoms with E-state index in [4.69, 9.17) is 22.8 Å². The van der Waals surface area contributed by atoms with Gasteiger partial charge >= 0.3 is 0 Å². The number of benzene rings is 8. The Morgan fingerprint density at radius 3 is 1.31 bits per heavy atom. The number of anilines is 1. The number of fused-ring (bicyclic) bond motifs is 1. The van der Waals surface area contributed by atoms with Crippen LogP contribution in [0.3, 0.4) is 0 Å². The maximum absolute atomic E-state index is 14.4. The third-order valence-electron chi connectivity index (χ3n) is 13.4. The molecule has 16 heteroatoms. The van der Waals surface area contributed by atoms with E-state index in [0.717, 1.165) is 44.5 Å². The molecule has 0 aliphatic carbocycles. The molecule has 2 N–H and O–H groups in total. The highest BCUT2D eigenvalue weighted by atomic mass is 32.2. The predicted octanol–water partition coefficient (Wildman–Crippen LogP) is 10.8. The van der Waals surface area contributed by atoms with Crippen molar-refractivity contribution in [2.45, 2.75) is 47.1 Å². The van der Waals surface area contributed by atoms with Crippen LogP contribution >= 0.6 is 0 Å². The fourth-order valence-corrected chi connectivity index (χ4v) is 11.4. The minimum atomic E-state index is -4.48. The number of imidazole rings is 1. The summed E-state index contributed by atoms with van der Waals surface area (Å²) in [6, 6.07) is 70.3. The minimum absolute atomic E-state index is 0.0225. The smallest absolute Gasteiger partial charge is 0.297 e. The van der Waals surface area contributed by atoms with Crippen LogP contribution in [-0.2, 0) is 49.2 Å². The van der Waals surface area contributed by atoms with Crippen LogP contribution in [0.1, 0.15) is 50.7 Å². The molecular formula is C62H55N5O9S2. The van der Waals surface area contributed by atoms with E-state index in [-0.39, 0.29) is 33.5 Å². The first-order valence-electron chi connectivity index (χ1n) is 25.2. The van der Waals surface area contributed by atoms with Crippen LogP contribution in [0.5, 0.6) is 0 Å². The van der Waals surface area contributed by atoms with Gasteiger partial charge in [0.25, 0.3) is 25.8 Å². The number of aryl methyl sites for hydroxylation is 2. The number of nitrogens with zero attached hydrogens (tertiary/aromatic N) is 3. The predicted molar refractivity (Wildman–Crippen MR) is 299 cm³/mol. The lowest BCUT2D eigenvalue weighted by Crippen LogP contribution is -2.39. The highest BCUT2D eigenvalue weighted by molar-refractivity contribution is 7.87. The topological polar surface area (TPSA) is 181 Å². The fourth-order valence-electron chi connectivity index (χ4n) is 9.53. The molecule has 0 aliphatic heterocycles. The van der Waals surface area contributed by atoms with Crippen molar-refractivity contribution < 1.29 is 34.7 Å². The van der Waals surface area contributed by atoms with Gasteiger partial charge in [0.15, 0.2) is 17.4 Å². The molecule has 10 rings (SSSR count). The molecule has 78 heavy (non-hydrogen) atoms. The van der Waals surface area contributed by atoms with Crippen LogP contribution in [0.15, 0.2) is 251 Å². The quantitative estimate of drug-likeness (QED) is 0.0485. The van der Waals surface area contributed by atoms with Gasteiger partial charge in [-0.1, -0.05) is 217 Å². The summed E-state index contributed by atoms with van der Waals surface area (Å²) in [4.78, 5) is 26.6. The van der Waals surface area contributed by atoms with Gasteiger partial charge in [-0.25, -0.2) is 4.98 Å². The molecule has 0 bridgehead atoms. The summed E-state index contributed by atoms with van der Waals surface area (Å²) in [7, 11) is -8.90. The first-order valence-corrected chi connectivity index (χ1v) is 28.0. The third-order valence-corrected chi connectivity index (χ3v) is 16.0. The fraction of sp³-hybridized carbons (Fsp3) is 0.145. The second kappa shape index (κ2) is 23.1. The molecule has 2 heterocycles. The van der Waals surface area contributed by atoms with Crippen LogP contribution in [-0.4, -0.2) is 62.3 Å². The zero-order valence-electron chi connectivity index (χ0n) is 42.6. The zero-order chi connectivity index (χ0) is 54.2. The van der Waals surface area contributed by atoms with Gasteiger partial charge in [-0.15, -0.1) is 0 Å². The maximum Gasteiger partial charge on any atom is 0.297 e. The van der Waals surface area contributed by atoms with Crippen LogP contribution in [0.25, 0.3) is 11.2 Å². The average molecular weight is 1080 g/mol. The Morgan fingerprint density at radius 1 is 0.513 bits per heavy atom. The molecular weight excluding hydrogens is 1020 g/mol. The monoisotopic (exact) mass is 1080 g/mol. The van der Waals surface area contributed by atoms with Gasteiger partial charge in [0.1, 0.15) is 23.9 Å². The van der Waals surface area contributed by atoms with E-state index in [1.54, 1.807) is 24.3 Å². The lowest BCUT2D eigenvalue weighted by Gasteiger charge is -2.37. The number of ether oxygens (including phenoxy) is 2. The molecule has 8 aromatic carbocycles. The molecule has 0 radical (unpaired) electrons. The molecule has 2 atom stereocenters. The van der Waals surface area contributed by atoms with Crippen LogP contribution in [0.2, 0.25) is 0 Å². The van der Waals surface area contributed by atoms with E-state index in [1.165, 1.54) is 35.2 Å². The first-order chi connectivity index (χ1) is 37.9. The van der Waals surface area contributed by atoms with E-state index < -0.39 is 62.5 Å². The number of nitrogens with one attached hydrogen (secondary N) is 2. The lowest BCUT2D eigenvalue weighted by atomic mass is 9.77. The minimum Gasteiger partial charge on any atom is -0.358 e. The van der Waals surface area contributed by atoms with Crippen molar-refractivity contribution in [3.63, 3.8) is 0 Å². The number of aromatic nitrogens is 4.